The maximum atomic E-state index is 12.8. The number of ketones is 1. The van der Waals surface area contributed by atoms with Crippen molar-refractivity contribution >= 4 is 29.0 Å². The van der Waals surface area contributed by atoms with Crippen molar-refractivity contribution in [2.45, 2.75) is 32.7 Å². The Kier molecular flexibility index (Phi) is 6.94. The normalized spacial score (nSPS) is 10.9. The molecule has 9 nitrogen and oxygen atoms in total. The molecule has 10 heteroatoms. The molecule has 0 saturated heterocycles. The highest BCUT2D eigenvalue weighted by molar-refractivity contribution is 6.32. The number of aromatic nitrogens is 4. The van der Waals surface area contributed by atoms with Gasteiger partial charge in [0.1, 0.15) is 0 Å². The Morgan fingerprint density at radius 2 is 2.03 bits per heavy atom. The number of benzene rings is 1. The molecule has 0 aliphatic heterocycles. The van der Waals surface area contributed by atoms with Gasteiger partial charge >= 0.3 is 11.6 Å². The van der Waals surface area contributed by atoms with Crippen molar-refractivity contribution in [3.05, 3.63) is 34.9 Å². The number of carbonyl (C=O) groups is 1. The first-order valence-electron chi connectivity index (χ1n) is 9.61. The molecule has 30 heavy (non-hydrogen) atoms. The van der Waals surface area contributed by atoms with Crippen LogP contribution in [-0.2, 0) is 6.54 Å². The lowest BCUT2D eigenvalue weighted by molar-refractivity contribution is -0.714. The Balaban J connectivity index is 1.82. The number of Topliss-reactive ketones (excluding diaryl/α,β-unsaturated/α-hetero) is 1. The second-order valence-corrected chi connectivity index (χ2v) is 7.04. The van der Waals surface area contributed by atoms with Gasteiger partial charge in [-0.05, 0) is 28.8 Å². The zero-order chi connectivity index (χ0) is 21.7. The third kappa shape index (κ3) is 4.56. The molecule has 0 spiro atoms. The van der Waals surface area contributed by atoms with Crippen molar-refractivity contribution in [2.75, 3.05) is 26.6 Å². The van der Waals surface area contributed by atoms with E-state index >= 15 is 0 Å². The number of fused-ring (bicyclic) bond motifs is 1. The highest BCUT2D eigenvalue weighted by Crippen LogP contribution is 2.36. The molecular weight excluding hydrogens is 410 g/mol. The van der Waals surface area contributed by atoms with Crippen LogP contribution in [0.2, 0.25) is 5.02 Å². The molecule has 0 atom stereocenters. The molecule has 0 aliphatic rings. The Hall–Kier alpha value is -3.07. The van der Waals surface area contributed by atoms with Crippen molar-refractivity contribution in [3.63, 3.8) is 0 Å². The first-order valence-corrected chi connectivity index (χ1v) is 9.99. The van der Waals surface area contributed by atoms with Crippen LogP contribution in [0.15, 0.2) is 24.3 Å². The summed E-state index contributed by atoms with van der Waals surface area (Å²) in [6.45, 7) is 2.66. The molecule has 3 aromatic rings. The van der Waals surface area contributed by atoms with E-state index in [1.165, 1.54) is 29.5 Å². The zero-order valence-electron chi connectivity index (χ0n) is 17.2. The van der Waals surface area contributed by atoms with Crippen LogP contribution < -0.4 is 24.6 Å². The minimum Gasteiger partial charge on any atom is -0.493 e. The van der Waals surface area contributed by atoms with Crippen molar-refractivity contribution in [1.29, 1.82) is 0 Å². The summed E-state index contributed by atoms with van der Waals surface area (Å²) in [4.78, 5) is 12.8. The number of rotatable bonds is 10. The van der Waals surface area contributed by atoms with Crippen LogP contribution in [0.1, 0.15) is 36.5 Å². The lowest BCUT2D eigenvalue weighted by atomic mass is 10.1. The van der Waals surface area contributed by atoms with Gasteiger partial charge in [0.15, 0.2) is 18.0 Å². The number of nitrogens with two attached hydrogens (primary N) is 1. The maximum Gasteiger partial charge on any atom is 0.355 e. The van der Waals surface area contributed by atoms with Gasteiger partial charge in [-0.15, -0.1) is 4.68 Å². The molecule has 0 unspecified atom stereocenters. The predicted molar refractivity (Wildman–Crippen MR) is 112 cm³/mol. The third-order valence-electron chi connectivity index (χ3n) is 4.54. The standard InChI is InChI=1S/C20H25ClN5O4/c1-4-5-6-9-30-17-7-8-18-25(24-20(22)26(18)23-17)12-15(27)13-10-14(21)19(29-3)16(11-13)28-2/h7-8,10-11H,4-6,9,12H2,1-3H3,(H2,22,24)/q+1. The highest BCUT2D eigenvalue weighted by atomic mass is 35.5. The van der Waals surface area contributed by atoms with Gasteiger partial charge in [0.05, 0.1) is 25.8 Å². The van der Waals surface area contributed by atoms with Crippen LogP contribution in [-0.4, -0.2) is 41.3 Å². The number of nitrogens with zero attached hydrogens (tertiary/aromatic N) is 4. The molecule has 0 radical (unpaired) electrons. The monoisotopic (exact) mass is 434 g/mol. The maximum absolute atomic E-state index is 12.8. The van der Waals surface area contributed by atoms with Gasteiger partial charge in [0, 0.05) is 17.7 Å². The Morgan fingerprint density at radius 1 is 1.23 bits per heavy atom. The molecule has 2 heterocycles. The molecule has 1 aromatic carbocycles. The molecule has 0 amide bonds. The van der Waals surface area contributed by atoms with Gasteiger partial charge in [-0.1, -0.05) is 35.9 Å². The number of hydrogen-bond acceptors (Lipinski definition) is 7. The lowest BCUT2D eigenvalue weighted by Gasteiger charge is -2.10. The van der Waals surface area contributed by atoms with E-state index in [2.05, 4.69) is 17.1 Å². The molecule has 0 aliphatic carbocycles. The summed E-state index contributed by atoms with van der Waals surface area (Å²) in [5, 5.41) is 8.87. The summed E-state index contributed by atoms with van der Waals surface area (Å²) in [7, 11) is 2.96. The van der Waals surface area contributed by atoms with Gasteiger partial charge in [-0.2, -0.15) is 0 Å². The number of carbonyl (C=O) groups excluding carboxylic acids is 1. The second-order valence-electron chi connectivity index (χ2n) is 6.63. The van der Waals surface area contributed by atoms with E-state index in [4.69, 9.17) is 31.5 Å². The minimum atomic E-state index is -0.220. The van der Waals surface area contributed by atoms with E-state index in [1.807, 2.05) is 0 Å². The average Bonchev–Trinajstić information content (AvgIpc) is 3.05. The number of hydrogen-bond donors (Lipinski definition) is 1. The second kappa shape index (κ2) is 9.62. The van der Waals surface area contributed by atoms with Crippen LogP contribution >= 0.6 is 11.6 Å². The average molecular weight is 435 g/mol. The molecule has 2 N–H and O–H groups in total. The summed E-state index contributed by atoms with van der Waals surface area (Å²) < 4.78 is 19.1. The van der Waals surface area contributed by atoms with Crippen molar-refractivity contribution in [3.8, 4) is 17.4 Å². The van der Waals surface area contributed by atoms with E-state index in [-0.39, 0.29) is 23.3 Å². The predicted octanol–water partition coefficient (Wildman–Crippen LogP) is 2.72. The summed E-state index contributed by atoms with van der Waals surface area (Å²) in [5.41, 5.74) is 6.92. The third-order valence-corrected chi connectivity index (χ3v) is 4.82. The number of anilines is 1. The molecule has 2 aromatic heterocycles. The molecule has 160 valence electrons. The largest absolute Gasteiger partial charge is 0.493 e. The number of ether oxygens (including phenoxy) is 3. The van der Waals surface area contributed by atoms with Crippen LogP contribution in [0.4, 0.5) is 5.95 Å². The molecular formula is C20H25ClN5O4+. The van der Waals surface area contributed by atoms with Gasteiger partial charge < -0.3 is 19.9 Å². The van der Waals surface area contributed by atoms with Crippen LogP contribution in [0.5, 0.6) is 17.4 Å². The fraction of sp³-hybridized carbons (Fsp3) is 0.400. The minimum absolute atomic E-state index is 0.0507. The Labute approximate surface area is 179 Å². The van der Waals surface area contributed by atoms with Gasteiger partial charge in [-0.3, -0.25) is 4.79 Å². The molecule has 0 bridgehead atoms. The summed E-state index contributed by atoms with van der Waals surface area (Å²) in [5.74, 6) is 1.13. The molecule has 3 rings (SSSR count). The zero-order valence-corrected chi connectivity index (χ0v) is 18.0. The number of halogens is 1. The first kappa shape index (κ1) is 21.6. The summed E-state index contributed by atoms with van der Waals surface area (Å²) in [6, 6.07) is 6.61. The quantitative estimate of drug-likeness (QED) is 0.297. The van der Waals surface area contributed by atoms with Crippen LogP contribution in [0.3, 0.4) is 0 Å². The summed E-state index contributed by atoms with van der Waals surface area (Å²) in [6.07, 6.45) is 3.17. The number of unbranched alkanes of at least 4 members (excludes halogenated alkanes) is 2. The van der Waals surface area contributed by atoms with Crippen molar-refractivity contribution in [2.24, 2.45) is 0 Å². The first-order chi connectivity index (χ1) is 14.5. The van der Waals surface area contributed by atoms with Crippen molar-refractivity contribution in [1.82, 2.24) is 14.7 Å². The summed E-state index contributed by atoms with van der Waals surface area (Å²) >= 11 is 6.21. The fourth-order valence-electron chi connectivity index (χ4n) is 3.01. The highest BCUT2D eigenvalue weighted by Gasteiger charge is 2.23. The van der Waals surface area contributed by atoms with E-state index in [0.717, 1.165) is 19.3 Å². The van der Waals surface area contributed by atoms with E-state index in [9.17, 15) is 4.79 Å². The van der Waals surface area contributed by atoms with Gasteiger partial charge in [0.25, 0.3) is 5.88 Å². The molecule has 0 saturated carbocycles. The van der Waals surface area contributed by atoms with Crippen molar-refractivity contribution < 1.29 is 23.7 Å². The lowest BCUT2D eigenvalue weighted by Crippen LogP contribution is -2.40. The number of nitrogen functional groups attached to an aromatic ring is 1. The number of methoxy groups -OCH3 is 2. The topological polar surface area (TPSA) is 105 Å². The molecule has 0 fully saturated rings. The van der Waals surface area contributed by atoms with Gasteiger partial charge in [-0.25, -0.2) is 0 Å². The van der Waals surface area contributed by atoms with Crippen LogP contribution in [0.25, 0.3) is 5.65 Å². The SMILES string of the molecule is CCCCCOc1ccc2n(n1)c(N)n[n+]2CC(=O)c1cc(Cl)c(OC)c(OC)c1. The smallest absolute Gasteiger partial charge is 0.355 e. The van der Waals surface area contributed by atoms with Crippen LogP contribution in [0, 0.1) is 0 Å². The van der Waals surface area contributed by atoms with E-state index < -0.39 is 0 Å². The van der Waals surface area contributed by atoms with E-state index in [1.54, 1.807) is 18.2 Å². The fourth-order valence-corrected chi connectivity index (χ4v) is 3.30. The van der Waals surface area contributed by atoms with E-state index in [0.29, 0.717) is 35.2 Å². The Bertz CT molecular complexity index is 1050. The van der Waals surface area contributed by atoms with Gasteiger partial charge in [0.2, 0.25) is 5.78 Å². The Morgan fingerprint density at radius 3 is 2.73 bits per heavy atom.